The molecule has 0 aliphatic carbocycles. The van der Waals surface area contributed by atoms with E-state index in [-0.39, 0.29) is 11.6 Å². The zero-order chi connectivity index (χ0) is 14.0. The molecule has 1 aliphatic heterocycles. The second-order valence-electron chi connectivity index (χ2n) is 5.46. The van der Waals surface area contributed by atoms with E-state index in [1.807, 2.05) is 12.1 Å². The van der Waals surface area contributed by atoms with Crippen LogP contribution in [-0.4, -0.2) is 44.5 Å². The van der Waals surface area contributed by atoms with Crippen molar-refractivity contribution in [2.45, 2.75) is 25.3 Å². The third kappa shape index (κ3) is 4.01. The quantitative estimate of drug-likeness (QED) is 0.849. The topological polar surface area (TPSA) is 37.4 Å². The molecule has 1 saturated heterocycles. The third-order valence-corrected chi connectivity index (χ3v) is 4.72. The Balaban J connectivity index is 1.99. The number of halogens is 1. The first-order valence-electron chi connectivity index (χ1n) is 6.52. The molecule has 0 N–H and O–H groups in total. The van der Waals surface area contributed by atoms with Crippen molar-refractivity contribution in [3.8, 4) is 0 Å². The Morgan fingerprint density at radius 1 is 1.32 bits per heavy atom. The zero-order valence-electron chi connectivity index (χ0n) is 11.3. The first-order valence-corrected chi connectivity index (χ1v) is 8.58. The summed E-state index contributed by atoms with van der Waals surface area (Å²) in [4.78, 5) is 2.20. The minimum Gasteiger partial charge on any atom is -0.299 e. The Morgan fingerprint density at radius 3 is 2.53 bits per heavy atom. The number of likely N-dealkylation sites (tertiary alicyclic amines) is 1. The molecule has 2 rings (SSSR count). The molecular weight excluding hydrogens is 265 g/mol. The molecule has 1 heterocycles. The van der Waals surface area contributed by atoms with E-state index in [2.05, 4.69) is 11.8 Å². The van der Waals surface area contributed by atoms with E-state index in [0.717, 1.165) is 18.5 Å². The lowest BCUT2D eigenvalue weighted by atomic mass is 9.97. The van der Waals surface area contributed by atoms with Gasteiger partial charge in [0, 0.05) is 25.4 Å². The molecule has 1 aromatic rings. The number of nitrogens with zero attached hydrogens (tertiary/aromatic N) is 1. The van der Waals surface area contributed by atoms with Gasteiger partial charge in [0.05, 0.1) is 5.75 Å². The normalized spacial score (nSPS) is 24.8. The summed E-state index contributed by atoms with van der Waals surface area (Å²) in [5, 5.41) is 0. The molecule has 0 amide bonds. The Kier molecular flexibility index (Phi) is 4.26. The van der Waals surface area contributed by atoms with Gasteiger partial charge in [-0.15, -0.1) is 0 Å². The maximum Gasteiger partial charge on any atom is 0.148 e. The molecule has 0 radical (unpaired) electrons. The van der Waals surface area contributed by atoms with Crippen LogP contribution in [0.2, 0.25) is 0 Å². The number of rotatable bonds is 4. The summed E-state index contributed by atoms with van der Waals surface area (Å²) in [5.41, 5.74) is 1.13. The third-order valence-electron chi connectivity index (χ3n) is 3.79. The molecule has 0 spiro atoms. The van der Waals surface area contributed by atoms with E-state index in [1.165, 1.54) is 18.4 Å². The van der Waals surface area contributed by atoms with Crippen LogP contribution in [-0.2, 0) is 9.84 Å². The Morgan fingerprint density at radius 2 is 1.95 bits per heavy atom. The van der Waals surface area contributed by atoms with Crippen molar-refractivity contribution < 1.29 is 12.8 Å². The highest BCUT2D eigenvalue weighted by atomic mass is 32.2. The summed E-state index contributed by atoms with van der Waals surface area (Å²) < 4.78 is 35.3. The van der Waals surface area contributed by atoms with Crippen LogP contribution in [0.5, 0.6) is 0 Å². The summed E-state index contributed by atoms with van der Waals surface area (Å²) in [5.74, 6) is 0.354. The first-order chi connectivity index (χ1) is 8.85. The fourth-order valence-corrected chi connectivity index (χ4v) is 3.24. The van der Waals surface area contributed by atoms with Crippen molar-refractivity contribution in [2.24, 2.45) is 0 Å². The van der Waals surface area contributed by atoms with E-state index in [0.29, 0.717) is 18.5 Å². The van der Waals surface area contributed by atoms with E-state index in [9.17, 15) is 12.8 Å². The predicted molar refractivity (Wildman–Crippen MR) is 74.5 cm³/mol. The monoisotopic (exact) mass is 285 g/mol. The highest BCUT2D eigenvalue weighted by molar-refractivity contribution is 7.90. The molecule has 106 valence electrons. The summed E-state index contributed by atoms with van der Waals surface area (Å²) in [6, 6.07) is 6.99. The van der Waals surface area contributed by atoms with Gasteiger partial charge in [0.15, 0.2) is 0 Å². The fourth-order valence-electron chi connectivity index (χ4n) is 2.67. The van der Waals surface area contributed by atoms with Crippen LogP contribution in [0.4, 0.5) is 4.39 Å². The van der Waals surface area contributed by atoms with Crippen LogP contribution in [0.25, 0.3) is 0 Å². The summed E-state index contributed by atoms with van der Waals surface area (Å²) >= 11 is 0. The van der Waals surface area contributed by atoms with Gasteiger partial charge in [0.2, 0.25) is 0 Å². The van der Waals surface area contributed by atoms with Gasteiger partial charge in [0.25, 0.3) is 0 Å². The van der Waals surface area contributed by atoms with Gasteiger partial charge in [-0.2, -0.15) is 0 Å². The lowest BCUT2D eigenvalue weighted by molar-refractivity contribution is 0.283. The smallest absolute Gasteiger partial charge is 0.148 e. The van der Waals surface area contributed by atoms with Crippen LogP contribution in [0.15, 0.2) is 24.3 Å². The molecule has 2 unspecified atom stereocenters. The zero-order valence-corrected chi connectivity index (χ0v) is 12.2. The maximum atomic E-state index is 12.9. The van der Waals surface area contributed by atoms with E-state index in [4.69, 9.17) is 0 Å². The van der Waals surface area contributed by atoms with Crippen LogP contribution in [0.1, 0.15) is 24.8 Å². The van der Waals surface area contributed by atoms with Crippen molar-refractivity contribution in [1.29, 1.82) is 0 Å². The minimum atomic E-state index is -2.91. The van der Waals surface area contributed by atoms with Crippen LogP contribution >= 0.6 is 0 Å². The van der Waals surface area contributed by atoms with Gasteiger partial charge >= 0.3 is 0 Å². The highest BCUT2D eigenvalue weighted by Crippen LogP contribution is 2.31. The average molecular weight is 285 g/mol. The van der Waals surface area contributed by atoms with Crippen molar-refractivity contribution in [3.63, 3.8) is 0 Å². The second kappa shape index (κ2) is 5.59. The van der Waals surface area contributed by atoms with Crippen LogP contribution in [0.3, 0.4) is 0 Å². The van der Waals surface area contributed by atoms with Crippen LogP contribution in [0, 0.1) is 5.82 Å². The molecule has 1 fully saturated rings. The Labute approximate surface area is 114 Å². The average Bonchev–Trinajstić information content (AvgIpc) is 2.68. The van der Waals surface area contributed by atoms with Gasteiger partial charge in [-0.05, 0) is 37.0 Å². The molecule has 0 saturated carbocycles. The van der Waals surface area contributed by atoms with Gasteiger partial charge in [-0.3, -0.25) is 4.90 Å². The molecule has 2 atom stereocenters. The standard InChI is InChI=1S/C14H20FNO2S/c1-11-9-13(12-3-5-14(15)6-4-12)10-16(11)7-8-19(2,17)18/h3-6,11,13H,7-10H2,1-2H3. The van der Waals surface area contributed by atoms with E-state index in [1.54, 1.807) is 0 Å². The fraction of sp³-hybridized carbons (Fsp3) is 0.571. The highest BCUT2D eigenvalue weighted by Gasteiger charge is 2.30. The van der Waals surface area contributed by atoms with Gasteiger partial charge in [-0.1, -0.05) is 12.1 Å². The number of sulfone groups is 1. The lowest BCUT2D eigenvalue weighted by Gasteiger charge is -2.20. The number of benzene rings is 1. The molecule has 1 aromatic carbocycles. The lowest BCUT2D eigenvalue weighted by Crippen LogP contribution is -2.32. The second-order valence-corrected chi connectivity index (χ2v) is 7.72. The largest absolute Gasteiger partial charge is 0.299 e. The van der Waals surface area contributed by atoms with Crippen molar-refractivity contribution in [1.82, 2.24) is 4.90 Å². The molecule has 5 heteroatoms. The minimum absolute atomic E-state index is 0.202. The van der Waals surface area contributed by atoms with Crippen LogP contribution < -0.4 is 0 Å². The summed E-state index contributed by atoms with van der Waals surface area (Å²) in [7, 11) is -2.91. The molecule has 0 bridgehead atoms. The summed E-state index contributed by atoms with van der Waals surface area (Å²) in [6.07, 6.45) is 2.26. The van der Waals surface area contributed by atoms with Crippen molar-refractivity contribution in [2.75, 3.05) is 25.1 Å². The molecule has 1 aliphatic rings. The van der Waals surface area contributed by atoms with Crippen molar-refractivity contribution >= 4 is 9.84 Å². The molecular formula is C14H20FNO2S. The molecule has 3 nitrogen and oxygen atoms in total. The summed E-state index contributed by atoms with van der Waals surface area (Å²) in [6.45, 7) is 3.55. The number of hydrogen-bond donors (Lipinski definition) is 0. The van der Waals surface area contributed by atoms with Gasteiger partial charge in [-0.25, -0.2) is 12.8 Å². The van der Waals surface area contributed by atoms with E-state index < -0.39 is 9.84 Å². The maximum absolute atomic E-state index is 12.9. The molecule has 19 heavy (non-hydrogen) atoms. The molecule has 0 aromatic heterocycles. The Hall–Kier alpha value is -0.940. The van der Waals surface area contributed by atoms with Gasteiger partial charge < -0.3 is 0 Å². The SMILES string of the molecule is CC1CC(c2ccc(F)cc2)CN1CCS(C)(=O)=O. The van der Waals surface area contributed by atoms with E-state index >= 15 is 0 Å². The first kappa shape index (κ1) is 14.5. The predicted octanol–water partition coefficient (Wildman–Crippen LogP) is 2.05. The van der Waals surface area contributed by atoms with Crippen molar-refractivity contribution in [3.05, 3.63) is 35.6 Å². The number of hydrogen-bond acceptors (Lipinski definition) is 3. The Bertz CT molecular complexity index is 527. The van der Waals surface area contributed by atoms with Gasteiger partial charge in [0.1, 0.15) is 15.7 Å².